The number of amidine groups is 1. The summed E-state index contributed by atoms with van der Waals surface area (Å²) in [7, 11) is 0. The van der Waals surface area contributed by atoms with Gasteiger partial charge in [-0.3, -0.25) is 20.1 Å². The standard InChI is InChI=1S/C18H18N4O3S/c1-2-12-10-26-18-20-16(13-5-3-4-8-19-13)17(21(12)18)11-6-7-15(23)14(9-11)22(24)25/h3-9,12,16-17,23H,2,10H2,1H3/t12-,16-,17+/m0/s1. The molecule has 3 atom stereocenters. The minimum absolute atomic E-state index is 0.167. The molecule has 2 aliphatic rings. The number of rotatable bonds is 4. The Kier molecular flexibility index (Phi) is 4.28. The van der Waals surface area contributed by atoms with Crippen LogP contribution in [0.3, 0.4) is 0 Å². The molecule has 1 saturated heterocycles. The fourth-order valence-corrected chi connectivity index (χ4v) is 4.92. The van der Waals surface area contributed by atoms with Crippen LogP contribution in [0, 0.1) is 10.1 Å². The number of hydrogen-bond donors (Lipinski definition) is 1. The summed E-state index contributed by atoms with van der Waals surface area (Å²) in [5.74, 6) is 0.635. The van der Waals surface area contributed by atoms with Crippen molar-refractivity contribution in [3.63, 3.8) is 0 Å². The van der Waals surface area contributed by atoms with E-state index in [1.165, 1.54) is 12.1 Å². The Bertz CT molecular complexity index is 874. The lowest BCUT2D eigenvalue weighted by molar-refractivity contribution is -0.386. The van der Waals surface area contributed by atoms with Crippen LogP contribution in [0.4, 0.5) is 5.69 Å². The van der Waals surface area contributed by atoms with Crippen molar-refractivity contribution in [2.24, 2.45) is 4.99 Å². The van der Waals surface area contributed by atoms with Crippen molar-refractivity contribution >= 4 is 22.6 Å². The van der Waals surface area contributed by atoms with Crippen molar-refractivity contribution in [3.05, 3.63) is 64.0 Å². The lowest BCUT2D eigenvalue weighted by Crippen LogP contribution is -2.35. The van der Waals surface area contributed by atoms with Gasteiger partial charge in [0.25, 0.3) is 0 Å². The van der Waals surface area contributed by atoms with Gasteiger partial charge >= 0.3 is 5.69 Å². The molecule has 1 fully saturated rings. The zero-order chi connectivity index (χ0) is 18.3. The number of fused-ring (bicyclic) bond motifs is 1. The molecule has 0 amide bonds. The van der Waals surface area contributed by atoms with E-state index < -0.39 is 4.92 Å². The fraction of sp³-hybridized carbons (Fsp3) is 0.333. The van der Waals surface area contributed by atoms with Gasteiger partial charge in [0, 0.05) is 24.1 Å². The molecule has 8 heteroatoms. The van der Waals surface area contributed by atoms with Crippen LogP contribution in [0.5, 0.6) is 5.75 Å². The van der Waals surface area contributed by atoms with Crippen molar-refractivity contribution < 1.29 is 10.0 Å². The summed E-state index contributed by atoms with van der Waals surface area (Å²) in [4.78, 5) is 22.3. The number of nitrogens with zero attached hydrogens (tertiary/aromatic N) is 4. The third kappa shape index (κ3) is 2.70. The van der Waals surface area contributed by atoms with Crippen LogP contribution in [-0.2, 0) is 0 Å². The lowest BCUT2D eigenvalue weighted by Gasteiger charge is -2.31. The van der Waals surface area contributed by atoms with Gasteiger partial charge in [-0.05, 0) is 30.2 Å². The number of pyridine rings is 1. The number of aromatic nitrogens is 1. The van der Waals surface area contributed by atoms with Crippen LogP contribution in [0.25, 0.3) is 0 Å². The molecule has 7 nitrogen and oxygen atoms in total. The van der Waals surface area contributed by atoms with Crippen LogP contribution in [0.15, 0.2) is 47.6 Å². The Morgan fingerprint density at radius 3 is 2.92 bits per heavy atom. The molecular formula is C18H18N4O3S. The Hall–Kier alpha value is -2.61. The van der Waals surface area contributed by atoms with E-state index in [-0.39, 0.29) is 23.5 Å². The van der Waals surface area contributed by atoms with Crippen molar-refractivity contribution in [1.82, 2.24) is 9.88 Å². The topological polar surface area (TPSA) is 91.9 Å². The maximum Gasteiger partial charge on any atom is 0.311 e. The van der Waals surface area contributed by atoms with Gasteiger partial charge in [-0.25, -0.2) is 0 Å². The van der Waals surface area contributed by atoms with E-state index in [1.807, 2.05) is 18.2 Å². The van der Waals surface area contributed by atoms with E-state index in [0.717, 1.165) is 28.6 Å². The summed E-state index contributed by atoms with van der Waals surface area (Å²) in [6.45, 7) is 2.14. The van der Waals surface area contributed by atoms with E-state index in [2.05, 4.69) is 16.8 Å². The molecule has 134 valence electrons. The minimum Gasteiger partial charge on any atom is -0.502 e. The molecule has 3 heterocycles. The molecule has 0 aliphatic carbocycles. The first-order valence-electron chi connectivity index (χ1n) is 8.47. The summed E-state index contributed by atoms with van der Waals surface area (Å²) in [5, 5.41) is 22.1. The summed E-state index contributed by atoms with van der Waals surface area (Å²) < 4.78 is 0. The third-order valence-electron chi connectivity index (χ3n) is 4.87. The largest absolute Gasteiger partial charge is 0.502 e. The molecule has 0 radical (unpaired) electrons. The second-order valence-corrected chi connectivity index (χ2v) is 7.33. The van der Waals surface area contributed by atoms with Gasteiger partial charge in [-0.15, -0.1) is 0 Å². The molecule has 2 aliphatic heterocycles. The molecule has 0 spiro atoms. The Morgan fingerprint density at radius 2 is 2.23 bits per heavy atom. The highest BCUT2D eigenvalue weighted by Crippen LogP contribution is 2.49. The quantitative estimate of drug-likeness (QED) is 0.652. The Balaban J connectivity index is 1.82. The van der Waals surface area contributed by atoms with Gasteiger partial charge in [0.2, 0.25) is 0 Å². The highest BCUT2D eigenvalue weighted by Gasteiger charge is 2.45. The SMILES string of the molecule is CC[C@H]1CSC2=N[C@@H](c3ccccn3)[C@@H](c3ccc(O)c([N+](=O)[O-])c3)N21. The van der Waals surface area contributed by atoms with E-state index in [9.17, 15) is 15.2 Å². The van der Waals surface area contributed by atoms with Gasteiger partial charge in [0.1, 0.15) is 6.04 Å². The first-order valence-corrected chi connectivity index (χ1v) is 9.46. The minimum atomic E-state index is -0.554. The third-order valence-corrected chi connectivity index (χ3v) is 5.99. The van der Waals surface area contributed by atoms with E-state index in [1.54, 1.807) is 24.0 Å². The average Bonchev–Trinajstić information content (AvgIpc) is 3.21. The number of aliphatic imine (C=N–C) groups is 1. The van der Waals surface area contributed by atoms with Crippen molar-refractivity contribution in [2.75, 3.05) is 5.75 Å². The number of nitro groups is 1. The van der Waals surface area contributed by atoms with Crippen LogP contribution >= 0.6 is 11.8 Å². The molecule has 1 aromatic carbocycles. The van der Waals surface area contributed by atoms with Crippen molar-refractivity contribution in [2.45, 2.75) is 31.5 Å². The zero-order valence-corrected chi connectivity index (χ0v) is 15.0. The van der Waals surface area contributed by atoms with E-state index >= 15 is 0 Å². The van der Waals surface area contributed by atoms with Crippen LogP contribution < -0.4 is 0 Å². The molecule has 1 aromatic heterocycles. The second-order valence-electron chi connectivity index (χ2n) is 6.34. The molecule has 26 heavy (non-hydrogen) atoms. The maximum absolute atomic E-state index is 11.3. The van der Waals surface area contributed by atoms with Gasteiger partial charge < -0.3 is 10.0 Å². The van der Waals surface area contributed by atoms with E-state index in [0.29, 0.717) is 6.04 Å². The second kappa shape index (κ2) is 6.60. The van der Waals surface area contributed by atoms with Crippen molar-refractivity contribution in [3.8, 4) is 5.75 Å². The highest BCUT2D eigenvalue weighted by molar-refractivity contribution is 8.14. The highest BCUT2D eigenvalue weighted by atomic mass is 32.2. The number of phenolic OH excluding ortho intramolecular Hbond substituents is 1. The first kappa shape index (κ1) is 16.8. The Labute approximate surface area is 154 Å². The summed E-state index contributed by atoms with van der Waals surface area (Å²) in [5.41, 5.74) is 1.33. The van der Waals surface area contributed by atoms with Gasteiger partial charge in [0.15, 0.2) is 10.9 Å². The van der Waals surface area contributed by atoms with Crippen LogP contribution in [0.2, 0.25) is 0 Å². The molecule has 4 rings (SSSR count). The van der Waals surface area contributed by atoms with Gasteiger partial charge in [-0.2, -0.15) is 0 Å². The number of nitro benzene ring substituents is 1. The lowest BCUT2D eigenvalue weighted by atomic mass is 9.94. The number of thioether (sulfide) groups is 1. The molecule has 0 bridgehead atoms. The molecule has 1 N–H and O–H groups in total. The number of aromatic hydroxyl groups is 1. The molecular weight excluding hydrogens is 352 g/mol. The fourth-order valence-electron chi connectivity index (χ4n) is 3.58. The van der Waals surface area contributed by atoms with Crippen LogP contribution in [0.1, 0.15) is 36.7 Å². The number of benzene rings is 1. The van der Waals surface area contributed by atoms with Gasteiger partial charge in [-0.1, -0.05) is 30.8 Å². The smallest absolute Gasteiger partial charge is 0.311 e. The zero-order valence-electron chi connectivity index (χ0n) is 14.1. The molecule has 2 aromatic rings. The predicted molar refractivity (Wildman–Crippen MR) is 100 cm³/mol. The average molecular weight is 370 g/mol. The summed E-state index contributed by atoms with van der Waals surface area (Å²) in [6.07, 6.45) is 2.71. The molecule has 0 unspecified atom stereocenters. The van der Waals surface area contributed by atoms with Crippen LogP contribution in [-0.4, -0.2) is 36.9 Å². The summed E-state index contributed by atoms with van der Waals surface area (Å²) >= 11 is 1.72. The van der Waals surface area contributed by atoms with Gasteiger partial charge in [0.05, 0.1) is 16.7 Å². The first-order chi connectivity index (χ1) is 12.6. The monoisotopic (exact) mass is 370 g/mol. The number of phenols is 1. The number of hydrogen-bond acceptors (Lipinski definition) is 7. The summed E-state index contributed by atoms with van der Waals surface area (Å²) in [6, 6.07) is 10.3. The maximum atomic E-state index is 11.3. The predicted octanol–water partition coefficient (Wildman–Crippen LogP) is 3.67. The van der Waals surface area contributed by atoms with E-state index in [4.69, 9.17) is 4.99 Å². The molecule has 0 saturated carbocycles. The normalized spacial score (nSPS) is 24.4. The Morgan fingerprint density at radius 1 is 1.38 bits per heavy atom. The van der Waals surface area contributed by atoms with Crippen molar-refractivity contribution in [1.29, 1.82) is 0 Å².